The summed E-state index contributed by atoms with van der Waals surface area (Å²) in [5.41, 5.74) is 0. The lowest BCUT2D eigenvalue weighted by Crippen LogP contribution is -2.28. The summed E-state index contributed by atoms with van der Waals surface area (Å²) in [5.74, 6) is 0.654. The van der Waals surface area contributed by atoms with Gasteiger partial charge in [-0.2, -0.15) is 5.26 Å². The maximum atomic E-state index is 11.7. The van der Waals surface area contributed by atoms with E-state index in [1.54, 1.807) is 28.0 Å². The molecule has 1 unspecified atom stereocenters. The zero-order valence-electron chi connectivity index (χ0n) is 8.35. The second-order valence-electron chi connectivity index (χ2n) is 3.30. The van der Waals surface area contributed by atoms with Gasteiger partial charge < -0.3 is 4.90 Å². The van der Waals surface area contributed by atoms with E-state index in [-0.39, 0.29) is 11.3 Å². The average molecular weight is 317 g/mol. The zero-order valence-corrected chi connectivity index (χ0v) is 11.6. The Hall–Kier alpha value is -0.510. The van der Waals surface area contributed by atoms with E-state index in [2.05, 4.69) is 22.0 Å². The van der Waals surface area contributed by atoms with Gasteiger partial charge in [-0.05, 0) is 28.1 Å². The van der Waals surface area contributed by atoms with Crippen LogP contribution in [-0.4, -0.2) is 23.1 Å². The van der Waals surface area contributed by atoms with E-state index >= 15 is 0 Å². The third-order valence-electron chi connectivity index (χ3n) is 2.27. The molecule has 0 saturated carbocycles. The minimum Gasteiger partial charge on any atom is -0.324 e. The summed E-state index contributed by atoms with van der Waals surface area (Å²) in [6, 6.07) is 6.11. The Balaban J connectivity index is 2.14. The molecule has 0 spiro atoms. The van der Waals surface area contributed by atoms with E-state index in [4.69, 9.17) is 5.26 Å². The van der Waals surface area contributed by atoms with Crippen LogP contribution in [0.25, 0.3) is 0 Å². The van der Waals surface area contributed by atoms with Crippen molar-refractivity contribution in [2.24, 2.45) is 0 Å². The summed E-state index contributed by atoms with van der Waals surface area (Å²) < 4.78 is 1.07. The molecule has 1 atom stereocenters. The molecule has 0 bridgehead atoms. The van der Waals surface area contributed by atoms with Crippen molar-refractivity contribution in [3.8, 4) is 6.07 Å². The highest BCUT2D eigenvalue weighted by Crippen LogP contribution is 2.42. The Bertz CT molecular complexity index is 440. The average Bonchev–Trinajstić information content (AvgIpc) is 2.82. The maximum Gasteiger partial charge on any atom is 0.233 e. The van der Waals surface area contributed by atoms with Crippen LogP contribution in [0.3, 0.4) is 0 Å². The Kier molecular flexibility index (Phi) is 3.90. The highest BCUT2D eigenvalue weighted by molar-refractivity contribution is 9.11. The molecule has 3 nitrogen and oxygen atoms in total. The van der Waals surface area contributed by atoms with Gasteiger partial charge in [0.15, 0.2) is 0 Å². The number of carbonyl (C=O) groups excluding carboxylic acids is 1. The van der Waals surface area contributed by atoms with Crippen LogP contribution in [-0.2, 0) is 4.79 Å². The third kappa shape index (κ3) is 2.42. The summed E-state index contributed by atoms with van der Waals surface area (Å²) in [6.45, 7) is 0.530. The molecule has 1 amide bonds. The quantitative estimate of drug-likeness (QED) is 0.861. The number of amides is 1. The van der Waals surface area contributed by atoms with E-state index in [9.17, 15) is 4.79 Å². The smallest absolute Gasteiger partial charge is 0.233 e. The van der Waals surface area contributed by atoms with E-state index in [0.29, 0.717) is 18.7 Å². The van der Waals surface area contributed by atoms with Crippen molar-refractivity contribution in [1.82, 2.24) is 4.90 Å². The van der Waals surface area contributed by atoms with Crippen molar-refractivity contribution in [2.75, 3.05) is 12.3 Å². The molecule has 0 N–H and O–H groups in total. The number of hydrogen-bond acceptors (Lipinski definition) is 4. The molecule has 1 aliphatic heterocycles. The topological polar surface area (TPSA) is 44.1 Å². The largest absolute Gasteiger partial charge is 0.324 e. The van der Waals surface area contributed by atoms with Crippen molar-refractivity contribution < 1.29 is 4.79 Å². The van der Waals surface area contributed by atoms with Gasteiger partial charge in [-0.1, -0.05) is 0 Å². The predicted molar refractivity (Wildman–Crippen MR) is 69.2 cm³/mol. The van der Waals surface area contributed by atoms with E-state index in [1.807, 2.05) is 12.1 Å². The van der Waals surface area contributed by atoms with Gasteiger partial charge in [-0.25, -0.2) is 0 Å². The monoisotopic (exact) mass is 316 g/mol. The fraction of sp³-hybridized carbons (Fsp3) is 0.400. The molecule has 6 heteroatoms. The number of thiophene rings is 1. The Morgan fingerprint density at radius 2 is 2.44 bits per heavy atom. The molecular formula is C10H9BrN2OS2. The Morgan fingerprint density at radius 1 is 1.62 bits per heavy atom. The van der Waals surface area contributed by atoms with Gasteiger partial charge in [0.25, 0.3) is 0 Å². The molecule has 0 radical (unpaired) electrons. The van der Waals surface area contributed by atoms with Crippen molar-refractivity contribution >= 4 is 44.9 Å². The lowest BCUT2D eigenvalue weighted by Gasteiger charge is -2.21. The molecule has 1 aromatic rings. The van der Waals surface area contributed by atoms with Crippen LogP contribution in [0.5, 0.6) is 0 Å². The van der Waals surface area contributed by atoms with Gasteiger partial charge in [0, 0.05) is 11.4 Å². The number of halogens is 1. The summed E-state index contributed by atoms with van der Waals surface area (Å²) in [7, 11) is 0. The van der Waals surface area contributed by atoms with Crippen LogP contribution in [0.2, 0.25) is 0 Å². The van der Waals surface area contributed by atoms with Gasteiger partial charge >= 0.3 is 0 Å². The second kappa shape index (κ2) is 5.21. The molecule has 1 saturated heterocycles. The third-order valence-corrected chi connectivity index (χ3v) is 5.33. The van der Waals surface area contributed by atoms with Crippen LogP contribution < -0.4 is 0 Å². The highest BCUT2D eigenvalue weighted by Gasteiger charge is 2.33. The van der Waals surface area contributed by atoms with Gasteiger partial charge in [0.1, 0.15) is 5.37 Å². The van der Waals surface area contributed by atoms with Crippen molar-refractivity contribution in [3.05, 3.63) is 20.8 Å². The molecular weight excluding hydrogens is 308 g/mol. The summed E-state index contributed by atoms with van der Waals surface area (Å²) in [6.07, 6.45) is 0.398. The lowest BCUT2D eigenvalue weighted by atomic mass is 10.3. The first-order valence-corrected chi connectivity index (χ1v) is 7.41. The molecule has 0 aromatic carbocycles. The van der Waals surface area contributed by atoms with Crippen LogP contribution in [0.1, 0.15) is 16.7 Å². The van der Waals surface area contributed by atoms with Crippen LogP contribution in [0.15, 0.2) is 15.9 Å². The van der Waals surface area contributed by atoms with Crippen molar-refractivity contribution in [3.63, 3.8) is 0 Å². The summed E-state index contributed by atoms with van der Waals surface area (Å²) in [5, 5.41) is 8.67. The fourth-order valence-corrected chi connectivity index (χ4v) is 4.44. The van der Waals surface area contributed by atoms with Gasteiger partial charge in [0.05, 0.1) is 22.0 Å². The standard InChI is InChI=1S/C10H9BrN2OS2/c11-8-3-2-7(16-8)10-13(5-1-4-12)9(14)6-15-10/h2-3,10H,1,5-6H2. The second-order valence-corrected chi connectivity index (χ2v) is 6.86. The number of nitriles is 1. The Labute approximate surface area is 111 Å². The van der Waals surface area contributed by atoms with E-state index in [1.165, 1.54) is 4.88 Å². The molecule has 16 heavy (non-hydrogen) atoms. The summed E-state index contributed by atoms with van der Waals surface area (Å²) in [4.78, 5) is 14.6. The first-order valence-electron chi connectivity index (χ1n) is 4.75. The van der Waals surface area contributed by atoms with E-state index < -0.39 is 0 Å². The lowest BCUT2D eigenvalue weighted by molar-refractivity contribution is -0.127. The predicted octanol–water partition coefficient (Wildman–Crippen LogP) is 3.00. The first-order chi connectivity index (χ1) is 7.72. The minimum absolute atomic E-state index is 0.0946. The number of thioether (sulfide) groups is 1. The highest BCUT2D eigenvalue weighted by atomic mass is 79.9. The van der Waals surface area contributed by atoms with Gasteiger partial charge in [-0.15, -0.1) is 23.1 Å². The summed E-state index contributed by atoms with van der Waals surface area (Å²) >= 11 is 6.70. The molecule has 1 aromatic heterocycles. The minimum atomic E-state index is 0.0946. The molecule has 0 aliphatic carbocycles. The number of carbonyl (C=O) groups is 1. The maximum absolute atomic E-state index is 11.7. The van der Waals surface area contributed by atoms with Crippen molar-refractivity contribution in [1.29, 1.82) is 5.26 Å². The van der Waals surface area contributed by atoms with Gasteiger partial charge in [-0.3, -0.25) is 4.79 Å². The number of rotatable bonds is 3. The SMILES string of the molecule is N#CCCN1C(=O)CSC1c1ccc(Br)s1. The van der Waals surface area contributed by atoms with Crippen LogP contribution in [0.4, 0.5) is 0 Å². The molecule has 1 aliphatic rings. The molecule has 2 rings (SSSR count). The van der Waals surface area contributed by atoms with E-state index in [0.717, 1.165) is 3.79 Å². The Morgan fingerprint density at radius 3 is 3.06 bits per heavy atom. The zero-order chi connectivity index (χ0) is 11.5. The number of nitrogens with zero attached hydrogens (tertiary/aromatic N) is 2. The molecule has 1 fully saturated rings. The van der Waals surface area contributed by atoms with Crippen molar-refractivity contribution in [2.45, 2.75) is 11.8 Å². The molecule has 84 valence electrons. The van der Waals surface area contributed by atoms with Crippen LogP contribution in [0, 0.1) is 11.3 Å². The number of hydrogen-bond donors (Lipinski definition) is 0. The normalized spacial score (nSPS) is 20.1. The van der Waals surface area contributed by atoms with Crippen LogP contribution >= 0.6 is 39.0 Å². The fourth-order valence-electron chi connectivity index (χ4n) is 1.56. The van der Waals surface area contributed by atoms with Gasteiger partial charge in [0.2, 0.25) is 5.91 Å². The molecule has 2 heterocycles. The first kappa shape index (κ1) is 12.0.